The van der Waals surface area contributed by atoms with Crippen LogP contribution in [0, 0.1) is 0 Å². The summed E-state index contributed by atoms with van der Waals surface area (Å²) in [6, 6.07) is 9.28. The minimum atomic E-state index is -0.478. The quantitative estimate of drug-likeness (QED) is 0.269. The van der Waals surface area contributed by atoms with Gasteiger partial charge in [-0.05, 0) is 80.0 Å². The number of phenols is 1. The third-order valence-electron chi connectivity index (χ3n) is 5.38. The number of carbonyl (C=O) groups excluding carboxylic acids is 2. The van der Waals surface area contributed by atoms with Crippen molar-refractivity contribution >= 4 is 18.0 Å². The van der Waals surface area contributed by atoms with Crippen LogP contribution in [0.15, 0.2) is 48.1 Å². The molecule has 2 aromatic rings. The van der Waals surface area contributed by atoms with Crippen molar-refractivity contribution in [3.05, 3.63) is 65.2 Å². The monoisotopic (exact) mass is 465 g/mol. The fourth-order valence-corrected chi connectivity index (χ4v) is 3.74. The number of hydrogen-bond donors (Lipinski definition) is 3. The normalized spacial score (nSPS) is 12.6. The zero-order valence-corrected chi connectivity index (χ0v) is 19.4. The molecule has 0 saturated heterocycles. The maximum absolute atomic E-state index is 12.0. The molecular formula is C26H31N3O5. The van der Waals surface area contributed by atoms with Gasteiger partial charge < -0.3 is 19.9 Å². The number of aromatic hydroxyl groups is 1. The van der Waals surface area contributed by atoms with Crippen LogP contribution in [0.2, 0.25) is 0 Å². The van der Waals surface area contributed by atoms with Crippen LogP contribution in [-0.2, 0) is 28.9 Å². The summed E-state index contributed by atoms with van der Waals surface area (Å²) in [6.07, 6.45) is 8.07. The van der Waals surface area contributed by atoms with Crippen molar-refractivity contribution in [1.29, 1.82) is 0 Å². The standard InChI is InChI=1S/C26H31N3O5/c1-3-7-21-12-18(13-23(26(21)32)33-4-2)15-28-29-24(30)16-27-25(31)17-34-22-11-10-19-8-5-6-9-20(19)14-22/h3,10-15,32H,1,4-9,16-17H2,2H3,(H,27,31)(H,29,30)/b28-15-. The van der Waals surface area contributed by atoms with E-state index in [0.29, 0.717) is 35.7 Å². The van der Waals surface area contributed by atoms with E-state index in [1.54, 1.807) is 18.2 Å². The molecule has 0 heterocycles. The Morgan fingerprint density at radius 1 is 1.12 bits per heavy atom. The first-order valence-electron chi connectivity index (χ1n) is 11.4. The molecule has 1 aliphatic carbocycles. The summed E-state index contributed by atoms with van der Waals surface area (Å²) in [6.45, 7) is 5.50. The van der Waals surface area contributed by atoms with E-state index in [-0.39, 0.29) is 18.9 Å². The molecule has 8 nitrogen and oxygen atoms in total. The molecule has 0 aromatic heterocycles. The van der Waals surface area contributed by atoms with Gasteiger partial charge in [0.2, 0.25) is 0 Å². The minimum absolute atomic E-state index is 0.0586. The first-order valence-corrected chi connectivity index (χ1v) is 11.4. The third-order valence-corrected chi connectivity index (χ3v) is 5.38. The van der Waals surface area contributed by atoms with Crippen molar-refractivity contribution in [3.8, 4) is 17.2 Å². The number of nitrogens with one attached hydrogen (secondary N) is 2. The number of aryl methyl sites for hydroxylation is 2. The van der Waals surface area contributed by atoms with Gasteiger partial charge >= 0.3 is 0 Å². The molecule has 0 spiro atoms. The average molecular weight is 466 g/mol. The number of nitrogens with zero attached hydrogens (tertiary/aromatic N) is 1. The van der Waals surface area contributed by atoms with Gasteiger partial charge in [0, 0.05) is 5.56 Å². The molecule has 3 N–H and O–H groups in total. The zero-order valence-electron chi connectivity index (χ0n) is 19.4. The van der Waals surface area contributed by atoms with Crippen LogP contribution in [-0.4, -0.2) is 42.9 Å². The van der Waals surface area contributed by atoms with Gasteiger partial charge in [-0.15, -0.1) is 6.58 Å². The highest BCUT2D eigenvalue weighted by Crippen LogP contribution is 2.32. The van der Waals surface area contributed by atoms with Crippen LogP contribution in [0.4, 0.5) is 0 Å². The summed E-state index contributed by atoms with van der Waals surface area (Å²) in [7, 11) is 0. The molecule has 0 saturated carbocycles. The van der Waals surface area contributed by atoms with Gasteiger partial charge in [0.05, 0.1) is 19.4 Å². The third kappa shape index (κ3) is 7.10. The summed E-state index contributed by atoms with van der Waals surface area (Å²) < 4.78 is 11.0. The molecule has 180 valence electrons. The van der Waals surface area contributed by atoms with Crippen molar-refractivity contribution in [2.45, 2.75) is 39.0 Å². The number of fused-ring (bicyclic) bond motifs is 1. The Bertz CT molecular complexity index is 1060. The van der Waals surface area contributed by atoms with Crippen molar-refractivity contribution in [2.24, 2.45) is 5.10 Å². The average Bonchev–Trinajstić information content (AvgIpc) is 2.84. The van der Waals surface area contributed by atoms with Gasteiger partial charge in [-0.25, -0.2) is 5.43 Å². The summed E-state index contributed by atoms with van der Waals surface area (Å²) in [5.41, 5.74) is 6.27. The number of benzene rings is 2. The first-order chi connectivity index (χ1) is 16.5. The Hall–Kier alpha value is -3.81. The van der Waals surface area contributed by atoms with Crippen LogP contribution < -0.4 is 20.2 Å². The van der Waals surface area contributed by atoms with Gasteiger partial charge in [0.15, 0.2) is 18.1 Å². The molecule has 3 rings (SSSR count). The van der Waals surface area contributed by atoms with Crippen LogP contribution in [0.5, 0.6) is 17.2 Å². The van der Waals surface area contributed by atoms with Crippen LogP contribution >= 0.6 is 0 Å². The molecule has 0 atom stereocenters. The number of amides is 2. The molecule has 0 aliphatic heterocycles. The Morgan fingerprint density at radius 2 is 1.91 bits per heavy atom. The second-order valence-corrected chi connectivity index (χ2v) is 7.95. The van der Waals surface area contributed by atoms with E-state index in [1.807, 2.05) is 19.1 Å². The Labute approximate surface area is 199 Å². The van der Waals surface area contributed by atoms with E-state index in [0.717, 1.165) is 12.8 Å². The van der Waals surface area contributed by atoms with Crippen molar-refractivity contribution < 1.29 is 24.2 Å². The van der Waals surface area contributed by atoms with Gasteiger partial charge in [0.25, 0.3) is 11.8 Å². The van der Waals surface area contributed by atoms with Gasteiger partial charge in [0.1, 0.15) is 5.75 Å². The van der Waals surface area contributed by atoms with Crippen molar-refractivity contribution in [1.82, 2.24) is 10.7 Å². The van der Waals surface area contributed by atoms with Crippen molar-refractivity contribution in [3.63, 3.8) is 0 Å². The molecule has 1 aliphatic rings. The lowest BCUT2D eigenvalue weighted by Gasteiger charge is -2.16. The fraction of sp³-hybridized carbons (Fsp3) is 0.346. The molecule has 8 heteroatoms. The number of hydrogen-bond acceptors (Lipinski definition) is 6. The van der Waals surface area contributed by atoms with Gasteiger partial charge in [-0.3, -0.25) is 9.59 Å². The largest absolute Gasteiger partial charge is 0.504 e. The SMILES string of the molecule is C=CCc1cc(/C=N\NC(=O)CNC(=O)COc2ccc3c(c2)CCCC3)cc(OCC)c1O. The van der Waals surface area contributed by atoms with Crippen LogP contribution in [0.25, 0.3) is 0 Å². The number of rotatable bonds is 11. The predicted molar refractivity (Wildman–Crippen MR) is 131 cm³/mol. The Morgan fingerprint density at radius 3 is 2.68 bits per heavy atom. The second-order valence-electron chi connectivity index (χ2n) is 7.95. The summed E-state index contributed by atoms with van der Waals surface area (Å²) in [5, 5.41) is 16.7. The lowest BCUT2D eigenvalue weighted by Crippen LogP contribution is -2.37. The van der Waals surface area contributed by atoms with E-state index in [4.69, 9.17) is 9.47 Å². The number of carbonyl (C=O) groups is 2. The second kappa shape index (κ2) is 12.4. The smallest absolute Gasteiger partial charge is 0.259 e. The van der Waals surface area contributed by atoms with Crippen molar-refractivity contribution in [2.75, 3.05) is 19.8 Å². The topological polar surface area (TPSA) is 109 Å². The fourth-order valence-electron chi connectivity index (χ4n) is 3.74. The molecule has 34 heavy (non-hydrogen) atoms. The Kier molecular flexibility index (Phi) is 9.08. The predicted octanol–water partition coefficient (Wildman–Crippen LogP) is 3.04. The minimum Gasteiger partial charge on any atom is -0.504 e. The highest BCUT2D eigenvalue weighted by molar-refractivity contribution is 5.87. The molecule has 0 radical (unpaired) electrons. The molecule has 2 amide bonds. The maximum Gasteiger partial charge on any atom is 0.259 e. The van der Waals surface area contributed by atoms with Crippen LogP contribution in [0.3, 0.4) is 0 Å². The maximum atomic E-state index is 12.0. The van der Waals surface area contributed by atoms with E-state index in [2.05, 4.69) is 28.5 Å². The molecule has 0 unspecified atom stereocenters. The highest BCUT2D eigenvalue weighted by atomic mass is 16.5. The first kappa shape index (κ1) is 24.8. The van der Waals surface area contributed by atoms with E-state index in [9.17, 15) is 14.7 Å². The lowest BCUT2D eigenvalue weighted by molar-refractivity contribution is -0.127. The zero-order chi connectivity index (χ0) is 24.3. The summed E-state index contributed by atoms with van der Waals surface area (Å²) >= 11 is 0. The van der Waals surface area contributed by atoms with E-state index < -0.39 is 11.8 Å². The lowest BCUT2D eigenvalue weighted by atomic mass is 9.92. The van der Waals surface area contributed by atoms with Gasteiger partial charge in [-0.1, -0.05) is 12.1 Å². The van der Waals surface area contributed by atoms with E-state index in [1.165, 1.54) is 30.2 Å². The molecule has 0 bridgehead atoms. The summed E-state index contributed by atoms with van der Waals surface area (Å²) in [5.74, 6) is 0.171. The number of hydrazone groups is 1. The van der Waals surface area contributed by atoms with E-state index >= 15 is 0 Å². The molecule has 0 fully saturated rings. The molecular weight excluding hydrogens is 434 g/mol. The molecule has 2 aromatic carbocycles. The number of phenolic OH excluding ortho intramolecular Hbond substituents is 1. The highest BCUT2D eigenvalue weighted by Gasteiger charge is 2.12. The summed E-state index contributed by atoms with van der Waals surface area (Å²) in [4.78, 5) is 24.0. The van der Waals surface area contributed by atoms with Gasteiger partial charge in [-0.2, -0.15) is 5.10 Å². The number of allylic oxidation sites excluding steroid dienone is 1. The van der Waals surface area contributed by atoms with Crippen LogP contribution in [0.1, 0.15) is 42.0 Å². The number of ether oxygens (including phenoxy) is 2. The Balaban J connectivity index is 1.45.